The molecule has 98 valence electrons. The lowest BCUT2D eigenvalue weighted by atomic mass is 10.0. The number of hydrogen-bond donors (Lipinski definition) is 2. The fraction of sp³-hybridized carbons (Fsp3) is 0.923. The van der Waals surface area contributed by atoms with E-state index in [1.165, 1.54) is 51.6 Å². The van der Waals surface area contributed by atoms with Gasteiger partial charge in [-0.25, -0.2) is 0 Å². The number of hydrogen-bond acceptors (Lipinski definition) is 2. The molecular formula is C13H25N3S. The van der Waals surface area contributed by atoms with E-state index in [9.17, 15) is 0 Å². The van der Waals surface area contributed by atoms with Crippen LogP contribution >= 0.6 is 12.2 Å². The first kappa shape index (κ1) is 13.1. The molecule has 2 fully saturated rings. The zero-order chi connectivity index (χ0) is 12.1. The van der Waals surface area contributed by atoms with Gasteiger partial charge in [0, 0.05) is 25.2 Å². The lowest BCUT2D eigenvalue weighted by Crippen LogP contribution is -2.41. The summed E-state index contributed by atoms with van der Waals surface area (Å²) in [5, 5.41) is 7.46. The third kappa shape index (κ3) is 4.80. The zero-order valence-corrected chi connectivity index (χ0v) is 11.7. The Balaban J connectivity index is 1.51. The highest BCUT2D eigenvalue weighted by molar-refractivity contribution is 7.80. The van der Waals surface area contributed by atoms with E-state index in [1.807, 2.05) is 0 Å². The molecule has 0 aromatic heterocycles. The van der Waals surface area contributed by atoms with Crippen LogP contribution in [-0.2, 0) is 0 Å². The molecule has 0 aromatic carbocycles. The van der Waals surface area contributed by atoms with Crippen LogP contribution in [0.4, 0.5) is 0 Å². The maximum atomic E-state index is 5.23. The van der Waals surface area contributed by atoms with Crippen molar-refractivity contribution in [3.8, 4) is 0 Å². The van der Waals surface area contributed by atoms with Gasteiger partial charge in [-0.05, 0) is 57.8 Å². The first-order valence-corrected chi connectivity index (χ1v) is 7.45. The van der Waals surface area contributed by atoms with Gasteiger partial charge in [0.1, 0.15) is 0 Å². The summed E-state index contributed by atoms with van der Waals surface area (Å²) in [6.07, 6.45) is 7.91. The summed E-state index contributed by atoms with van der Waals surface area (Å²) in [6.45, 7) is 5.85. The fourth-order valence-corrected chi connectivity index (χ4v) is 2.71. The second-order valence-electron chi connectivity index (χ2n) is 5.41. The van der Waals surface area contributed by atoms with Crippen LogP contribution in [0.5, 0.6) is 0 Å². The van der Waals surface area contributed by atoms with Crippen LogP contribution in [0.1, 0.15) is 45.4 Å². The smallest absolute Gasteiger partial charge is 0.166 e. The van der Waals surface area contributed by atoms with Gasteiger partial charge in [0.05, 0.1) is 0 Å². The van der Waals surface area contributed by atoms with Gasteiger partial charge in [0.15, 0.2) is 5.11 Å². The zero-order valence-electron chi connectivity index (χ0n) is 10.9. The van der Waals surface area contributed by atoms with Gasteiger partial charge >= 0.3 is 0 Å². The van der Waals surface area contributed by atoms with E-state index < -0.39 is 0 Å². The van der Waals surface area contributed by atoms with E-state index in [-0.39, 0.29) is 0 Å². The summed E-state index contributed by atoms with van der Waals surface area (Å²) < 4.78 is 0. The molecule has 1 heterocycles. The molecule has 1 saturated heterocycles. The van der Waals surface area contributed by atoms with Gasteiger partial charge in [-0.15, -0.1) is 0 Å². The van der Waals surface area contributed by atoms with Crippen LogP contribution in [0.3, 0.4) is 0 Å². The Morgan fingerprint density at radius 3 is 2.82 bits per heavy atom. The van der Waals surface area contributed by atoms with Gasteiger partial charge in [-0.2, -0.15) is 0 Å². The minimum Gasteiger partial charge on any atom is -0.363 e. The molecule has 0 radical (unpaired) electrons. The molecule has 1 saturated carbocycles. The third-order valence-corrected chi connectivity index (χ3v) is 4.02. The number of nitrogens with one attached hydrogen (secondary N) is 2. The van der Waals surface area contributed by atoms with Gasteiger partial charge in [0.25, 0.3) is 0 Å². The highest BCUT2D eigenvalue weighted by atomic mass is 32.1. The molecule has 4 heteroatoms. The topological polar surface area (TPSA) is 27.3 Å². The SMILES string of the molecule is CC1CCCCN1CCCNC(=S)NC1CC1. The quantitative estimate of drug-likeness (QED) is 0.579. The molecular weight excluding hydrogens is 230 g/mol. The molecule has 1 atom stereocenters. The Bertz CT molecular complexity index is 253. The van der Waals surface area contributed by atoms with Crippen LogP contribution in [0.15, 0.2) is 0 Å². The van der Waals surface area contributed by atoms with E-state index in [2.05, 4.69) is 22.5 Å². The first-order valence-electron chi connectivity index (χ1n) is 7.04. The normalized spacial score (nSPS) is 25.6. The van der Waals surface area contributed by atoms with E-state index in [1.54, 1.807) is 0 Å². The molecule has 17 heavy (non-hydrogen) atoms. The Labute approximate surface area is 110 Å². The lowest BCUT2D eigenvalue weighted by Gasteiger charge is -2.33. The summed E-state index contributed by atoms with van der Waals surface area (Å²) >= 11 is 5.23. The predicted molar refractivity (Wildman–Crippen MR) is 76.3 cm³/mol. The van der Waals surface area contributed by atoms with Gasteiger partial charge in [-0.1, -0.05) is 6.42 Å². The Kier molecular flexibility index (Phi) is 5.04. The Hall–Kier alpha value is -0.350. The van der Waals surface area contributed by atoms with Crippen molar-refractivity contribution in [3.05, 3.63) is 0 Å². The molecule has 2 N–H and O–H groups in total. The molecule has 1 aliphatic heterocycles. The monoisotopic (exact) mass is 255 g/mol. The summed E-state index contributed by atoms with van der Waals surface area (Å²) in [5.41, 5.74) is 0. The van der Waals surface area contributed by atoms with Gasteiger partial charge in [-0.3, -0.25) is 0 Å². The molecule has 2 rings (SSSR count). The number of nitrogens with zero attached hydrogens (tertiary/aromatic N) is 1. The van der Waals surface area contributed by atoms with Crippen LogP contribution < -0.4 is 10.6 Å². The van der Waals surface area contributed by atoms with Crippen LogP contribution in [-0.4, -0.2) is 41.7 Å². The number of thiocarbonyl (C=S) groups is 1. The summed E-state index contributed by atoms with van der Waals surface area (Å²) in [5.74, 6) is 0. The average molecular weight is 255 g/mol. The second-order valence-corrected chi connectivity index (χ2v) is 5.82. The van der Waals surface area contributed by atoms with Gasteiger partial charge < -0.3 is 15.5 Å². The van der Waals surface area contributed by atoms with Crippen molar-refractivity contribution in [2.45, 2.75) is 57.5 Å². The molecule has 0 aromatic rings. The van der Waals surface area contributed by atoms with Crippen LogP contribution in [0.2, 0.25) is 0 Å². The van der Waals surface area contributed by atoms with E-state index in [0.717, 1.165) is 17.7 Å². The number of likely N-dealkylation sites (tertiary alicyclic amines) is 1. The van der Waals surface area contributed by atoms with Crippen molar-refractivity contribution >= 4 is 17.3 Å². The van der Waals surface area contributed by atoms with Crippen molar-refractivity contribution < 1.29 is 0 Å². The average Bonchev–Trinajstić information content (AvgIpc) is 3.10. The minimum absolute atomic E-state index is 0.664. The molecule has 2 aliphatic rings. The predicted octanol–water partition coefficient (Wildman–Crippen LogP) is 1.88. The van der Waals surface area contributed by atoms with Crippen molar-refractivity contribution in [2.24, 2.45) is 0 Å². The minimum atomic E-state index is 0.664. The van der Waals surface area contributed by atoms with Crippen LogP contribution in [0, 0.1) is 0 Å². The Morgan fingerprint density at radius 1 is 1.29 bits per heavy atom. The van der Waals surface area contributed by atoms with E-state index >= 15 is 0 Å². The summed E-state index contributed by atoms with van der Waals surface area (Å²) in [6, 6.07) is 1.44. The summed E-state index contributed by atoms with van der Waals surface area (Å²) in [4.78, 5) is 2.61. The van der Waals surface area contributed by atoms with Crippen molar-refractivity contribution in [1.29, 1.82) is 0 Å². The first-order chi connectivity index (χ1) is 8.25. The van der Waals surface area contributed by atoms with Crippen molar-refractivity contribution in [2.75, 3.05) is 19.6 Å². The maximum absolute atomic E-state index is 5.23. The third-order valence-electron chi connectivity index (χ3n) is 3.76. The molecule has 1 unspecified atom stereocenters. The van der Waals surface area contributed by atoms with E-state index in [4.69, 9.17) is 12.2 Å². The maximum Gasteiger partial charge on any atom is 0.166 e. The fourth-order valence-electron chi connectivity index (χ4n) is 2.44. The molecule has 0 bridgehead atoms. The van der Waals surface area contributed by atoms with Crippen LogP contribution in [0.25, 0.3) is 0 Å². The lowest BCUT2D eigenvalue weighted by molar-refractivity contribution is 0.159. The second kappa shape index (κ2) is 6.55. The van der Waals surface area contributed by atoms with E-state index in [0.29, 0.717) is 6.04 Å². The van der Waals surface area contributed by atoms with Crippen molar-refractivity contribution in [3.63, 3.8) is 0 Å². The highest BCUT2D eigenvalue weighted by Crippen LogP contribution is 2.18. The largest absolute Gasteiger partial charge is 0.363 e. The number of rotatable bonds is 5. The number of piperidine rings is 1. The molecule has 0 spiro atoms. The summed E-state index contributed by atoms with van der Waals surface area (Å²) in [7, 11) is 0. The molecule has 1 aliphatic carbocycles. The van der Waals surface area contributed by atoms with Crippen molar-refractivity contribution in [1.82, 2.24) is 15.5 Å². The van der Waals surface area contributed by atoms with Gasteiger partial charge in [0.2, 0.25) is 0 Å². The molecule has 3 nitrogen and oxygen atoms in total. The Morgan fingerprint density at radius 2 is 2.12 bits per heavy atom. The molecule has 0 amide bonds. The standard InChI is InChI=1S/C13H25N3S/c1-11-5-2-3-9-16(11)10-4-8-14-13(17)15-12-6-7-12/h11-12H,2-10H2,1H3,(H2,14,15,17). The highest BCUT2D eigenvalue weighted by Gasteiger charge is 2.21.